The van der Waals surface area contributed by atoms with E-state index >= 15 is 0 Å². The summed E-state index contributed by atoms with van der Waals surface area (Å²) in [6.45, 7) is 5.08. The molecule has 5 nitrogen and oxygen atoms in total. The molecule has 0 aromatic carbocycles. The zero-order chi connectivity index (χ0) is 10.5. The fourth-order valence-corrected chi connectivity index (χ4v) is 0.755. The third-order valence-corrected chi connectivity index (χ3v) is 1.45. The van der Waals surface area contributed by atoms with E-state index in [1.165, 1.54) is 14.0 Å². The highest BCUT2D eigenvalue weighted by Crippen LogP contribution is 2.11. The van der Waals surface area contributed by atoms with Crippen LogP contribution in [0, 0.1) is 0 Å². The topological polar surface area (TPSA) is 70.8 Å². The lowest BCUT2D eigenvalue weighted by Gasteiger charge is -2.24. The smallest absolute Gasteiger partial charge is 0.342 e. The Morgan fingerprint density at radius 2 is 2.08 bits per heavy atom. The van der Waals surface area contributed by atoms with Crippen LogP contribution >= 0.6 is 0 Å². The fourth-order valence-electron chi connectivity index (χ4n) is 0.755. The summed E-state index contributed by atoms with van der Waals surface area (Å²) in [4.78, 5) is 15.9. The molecule has 0 spiro atoms. The number of methoxy groups -OCH3 is 1. The predicted molar refractivity (Wildman–Crippen MR) is 46.8 cm³/mol. The van der Waals surface area contributed by atoms with Gasteiger partial charge in [-0.1, -0.05) is 0 Å². The molecule has 0 bridgehead atoms. The van der Waals surface area contributed by atoms with Crippen LogP contribution < -0.4 is 5.90 Å². The molecule has 0 saturated heterocycles. The highest BCUT2D eigenvalue weighted by Gasteiger charge is 2.36. The average molecular weight is 191 g/mol. The van der Waals surface area contributed by atoms with E-state index in [1.54, 1.807) is 13.8 Å². The van der Waals surface area contributed by atoms with Gasteiger partial charge in [0.2, 0.25) is 5.60 Å². The van der Waals surface area contributed by atoms with E-state index in [2.05, 4.69) is 4.84 Å². The summed E-state index contributed by atoms with van der Waals surface area (Å²) in [7, 11) is 1.46. The Kier molecular flexibility index (Phi) is 4.90. The van der Waals surface area contributed by atoms with Crippen LogP contribution in [0.4, 0.5) is 0 Å². The van der Waals surface area contributed by atoms with Crippen LogP contribution in [0.2, 0.25) is 0 Å². The lowest BCUT2D eigenvalue weighted by molar-refractivity contribution is -0.181. The number of esters is 1. The Balaban J connectivity index is 4.28. The van der Waals surface area contributed by atoms with Gasteiger partial charge >= 0.3 is 5.97 Å². The van der Waals surface area contributed by atoms with Crippen LogP contribution in [0.15, 0.2) is 0 Å². The standard InChI is InChI=1S/C8H17NO4/c1-6(2)12-7(10)8(3,13-9)5-11-4/h6H,5,9H2,1-4H3/t8-/m0/s1. The SMILES string of the molecule is COC[C@](C)(ON)C(=O)OC(C)C. The molecule has 0 radical (unpaired) electrons. The summed E-state index contributed by atoms with van der Waals surface area (Å²) >= 11 is 0. The molecule has 1 atom stereocenters. The lowest BCUT2D eigenvalue weighted by Crippen LogP contribution is -2.46. The maximum atomic E-state index is 11.4. The Morgan fingerprint density at radius 3 is 2.38 bits per heavy atom. The van der Waals surface area contributed by atoms with Gasteiger partial charge in [0.1, 0.15) is 0 Å². The van der Waals surface area contributed by atoms with Gasteiger partial charge in [-0.3, -0.25) is 4.84 Å². The second-order valence-electron chi connectivity index (χ2n) is 3.24. The van der Waals surface area contributed by atoms with Gasteiger partial charge in [0.05, 0.1) is 12.7 Å². The Hall–Kier alpha value is -0.650. The van der Waals surface area contributed by atoms with Crippen LogP contribution in [0.25, 0.3) is 0 Å². The molecule has 0 aromatic rings. The van der Waals surface area contributed by atoms with Gasteiger partial charge in [-0.25, -0.2) is 10.7 Å². The molecular weight excluding hydrogens is 174 g/mol. The maximum Gasteiger partial charge on any atom is 0.342 e. The Bertz CT molecular complexity index is 172. The van der Waals surface area contributed by atoms with Gasteiger partial charge < -0.3 is 9.47 Å². The van der Waals surface area contributed by atoms with Crippen LogP contribution in [-0.2, 0) is 19.1 Å². The van der Waals surface area contributed by atoms with E-state index in [-0.39, 0.29) is 12.7 Å². The summed E-state index contributed by atoms with van der Waals surface area (Å²) in [6, 6.07) is 0. The molecule has 13 heavy (non-hydrogen) atoms. The second kappa shape index (κ2) is 5.16. The largest absolute Gasteiger partial charge is 0.461 e. The molecule has 0 aromatic heterocycles. The van der Waals surface area contributed by atoms with Crippen molar-refractivity contribution in [2.45, 2.75) is 32.5 Å². The molecule has 0 rings (SSSR count). The molecule has 78 valence electrons. The number of hydrogen-bond donors (Lipinski definition) is 1. The van der Waals surface area contributed by atoms with Crippen molar-refractivity contribution in [3.05, 3.63) is 0 Å². The molecule has 0 saturated carbocycles. The number of rotatable bonds is 5. The van der Waals surface area contributed by atoms with Gasteiger partial charge in [-0.05, 0) is 20.8 Å². The molecule has 0 amide bonds. The van der Waals surface area contributed by atoms with Crippen LogP contribution in [0.5, 0.6) is 0 Å². The van der Waals surface area contributed by atoms with E-state index < -0.39 is 11.6 Å². The quantitative estimate of drug-likeness (QED) is 0.497. The van der Waals surface area contributed by atoms with Crippen molar-refractivity contribution in [1.29, 1.82) is 0 Å². The molecule has 0 aliphatic carbocycles. The molecule has 0 aliphatic rings. The Morgan fingerprint density at radius 1 is 1.54 bits per heavy atom. The fraction of sp³-hybridized carbons (Fsp3) is 0.875. The first kappa shape index (κ1) is 12.3. The van der Waals surface area contributed by atoms with Crippen molar-refractivity contribution in [3.63, 3.8) is 0 Å². The van der Waals surface area contributed by atoms with Gasteiger partial charge in [0.25, 0.3) is 0 Å². The van der Waals surface area contributed by atoms with E-state index in [0.29, 0.717) is 0 Å². The zero-order valence-electron chi connectivity index (χ0n) is 8.49. The zero-order valence-corrected chi connectivity index (χ0v) is 8.49. The molecule has 2 N–H and O–H groups in total. The normalized spacial score (nSPS) is 15.5. The minimum absolute atomic E-state index is 0.0645. The number of nitrogens with two attached hydrogens (primary N) is 1. The minimum Gasteiger partial charge on any atom is -0.461 e. The van der Waals surface area contributed by atoms with E-state index in [9.17, 15) is 4.79 Å². The molecule has 0 unspecified atom stereocenters. The van der Waals surface area contributed by atoms with E-state index in [1.807, 2.05) is 0 Å². The summed E-state index contributed by atoms with van der Waals surface area (Å²) in [5.41, 5.74) is -1.22. The van der Waals surface area contributed by atoms with Crippen LogP contribution in [0.1, 0.15) is 20.8 Å². The van der Waals surface area contributed by atoms with Gasteiger partial charge in [0.15, 0.2) is 0 Å². The number of carbonyl (C=O) groups is 1. The van der Waals surface area contributed by atoms with Crippen LogP contribution in [0.3, 0.4) is 0 Å². The molecule has 0 aliphatic heterocycles. The number of carbonyl (C=O) groups excluding carboxylic acids is 1. The maximum absolute atomic E-state index is 11.4. The third-order valence-electron chi connectivity index (χ3n) is 1.45. The van der Waals surface area contributed by atoms with Gasteiger partial charge in [0, 0.05) is 7.11 Å². The first-order chi connectivity index (χ1) is 5.96. The van der Waals surface area contributed by atoms with Crippen LogP contribution in [-0.4, -0.2) is 31.4 Å². The number of hydrogen-bond acceptors (Lipinski definition) is 5. The van der Waals surface area contributed by atoms with Crippen molar-refractivity contribution in [3.8, 4) is 0 Å². The van der Waals surface area contributed by atoms with Crippen molar-refractivity contribution >= 4 is 5.97 Å². The minimum atomic E-state index is -1.22. The van der Waals surface area contributed by atoms with Crippen molar-refractivity contribution in [1.82, 2.24) is 0 Å². The van der Waals surface area contributed by atoms with E-state index in [0.717, 1.165) is 0 Å². The molecule has 0 heterocycles. The first-order valence-electron chi connectivity index (χ1n) is 4.04. The molecule has 0 fully saturated rings. The van der Waals surface area contributed by atoms with Gasteiger partial charge in [-0.15, -0.1) is 0 Å². The highest BCUT2D eigenvalue weighted by atomic mass is 16.7. The highest BCUT2D eigenvalue weighted by molar-refractivity contribution is 5.79. The van der Waals surface area contributed by atoms with Crippen molar-refractivity contribution in [2.75, 3.05) is 13.7 Å². The summed E-state index contributed by atoms with van der Waals surface area (Å²) < 4.78 is 9.73. The summed E-state index contributed by atoms with van der Waals surface area (Å²) in [5.74, 6) is 4.47. The van der Waals surface area contributed by atoms with Crippen molar-refractivity contribution < 1.29 is 19.1 Å². The average Bonchev–Trinajstić information content (AvgIpc) is 2.03. The first-order valence-corrected chi connectivity index (χ1v) is 4.04. The Labute approximate surface area is 78.1 Å². The third kappa shape index (κ3) is 3.71. The monoisotopic (exact) mass is 191 g/mol. The van der Waals surface area contributed by atoms with Crippen molar-refractivity contribution in [2.24, 2.45) is 5.90 Å². The summed E-state index contributed by atoms with van der Waals surface area (Å²) in [6.07, 6.45) is -0.196. The van der Waals surface area contributed by atoms with E-state index in [4.69, 9.17) is 15.4 Å². The van der Waals surface area contributed by atoms with Gasteiger partial charge in [-0.2, -0.15) is 0 Å². The summed E-state index contributed by atoms with van der Waals surface area (Å²) in [5, 5.41) is 0. The molecule has 5 heteroatoms. The predicted octanol–water partition coefficient (Wildman–Crippen LogP) is 0.233. The molecular formula is C8H17NO4. The second-order valence-corrected chi connectivity index (χ2v) is 3.24. The number of ether oxygens (including phenoxy) is 2. The lowest BCUT2D eigenvalue weighted by atomic mass is 10.1.